The summed E-state index contributed by atoms with van der Waals surface area (Å²) in [5.74, 6) is 0.569. The van der Waals surface area contributed by atoms with Gasteiger partial charge >= 0.3 is 0 Å². The fraction of sp³-hybridized carbons (Fsp3) is 0.600. The summed E-state index contributed by atoms with van der Waals surface area (Å²) in [6.07, 6.45) is 5.79. The summed E-state index contributed by atoms with van der Waals surface area (Å²) < 4.78 is 0. The smallest absolute Gasteiger partial charge is 0.225 e. The van der Waals surface area contributed by atoms with E-state index < -0.39 is 0 Å². The SMILES string of the molecule is CN(C)CCC(=O)Nc1ccc(NC(=O)CC2CC3CCC(C2)N3)cc1.Cl.Cl. The molecule has 2 atom stereocenters. The number of halogens is 2. The number of anilines is 2. The molecule has 1 aromatic carbocycles. The van der Waals surface area contributed by atoms with E-state index in [9.17, 15) is 9.59 Å². The van der Waals surface area contributed by atoms with Crippen molar-refractivity contribution in [1.82, 2.24) is 10.2 Å². The van der Waals surface area contributed by atoms with E-state index in [1.165, 1.54) is 12.8 Å². The average molecular weight is 431 g/mol. The second-order valence-corrected chi connectivity index (χ2v) is 7.91. The minimum absolute atomic E-state index is 0. The predicted octanol–water partition coefficient (Wildman–Crippen LogP) is 3.28. The number of hydrogen-bond acceptors (Lipinski definition) is 4. The van der Waals surface area contributed by atoms with Gasteiger partial charge in [-0.15, -0.1) is 24.8 Å². The quantitative estimate of drug-likeness (QED) is 0.620. The lowest BCUT2D eigenvalue weighted by molar-refractivity contribution is -0.117. The minimum atomic E-state index is -0.00368. The van der Waals surface area contributed by atoms with Crippen molar-refractivity contribution in [2.24, 2.45) is 5.92 Å². The van der Waals surface area contributed by atoms with Gasteiger partial charge in [0, 0.05) is 42.8 Å². The van der Waals surface area contributed by atoms with Gasteiger partial charge in [-0.25, -0.2) is 0 Å². The summed E-state index contributed by atoms with van der Waals surface area (Å²) >= 11 is 0. The fourth-order valence-electron chi connectivity index (χ4n) is 4.00. The Morgan fingerprint density at radius 3 is 1.96 bits per heavy atom. The Bertz CT molecular complexity index is 628. The molecule has 28 heavy (non-hydrogen) atoms. The average Bonchev–Trinajstić information content (AvgIpc) is 2.93. The lowest BCUT2D eigenvalue weighted by Gasteiger charge is -2.28. The van der Waals surface area contributed by atoms with E-state index in [4.69, 9.17) is 0 Å². The maximum atomic E-state index is 12.3. The Morgan fingerprint density at radius 1 is 0.964 bits per heavy atom. The number of nitrogens with zero attached hydrogens (tertiary/aromatic N) is 1. The predicted molar refractivity (Wildman–Crippen MR) is 119 cm³/mol. The van der Waals surface area contributed by atoms with E-state index in [0.29, 0.717) is 30.8 Å². The normalized spacial score (nSPS) is 22.8. The molecule has 2 saturated heterocycles. The van der Waals surface area contributed by atoms with Gasteiger partial charge in [0.1, 0.15) is 0 Å². The summed E-state index contributed by atoms with van der Waals surface area (Å²) in [5, 5.41) is 9.47. The molecule has 0 aliphatic carbocycles. The molecular formula is C20H32Cl2N4O2. The highest BCUT2D eigenvalue weighted by Gasteiger charge is 2.34. The maximum absolute atomic E-state index is 12.3. The molecule has 1 aromatic rings. The van der Waals surface area contributed by atoms with Crippen molar-refractivity contribution in [3.05, 3.63) is 24.3 Å². The number of carbonyl (C=O) groups excluding carboxylic acids is 2. The van der Waals surface area contributed by atoms with Crippen LogP contribution in [0.4, 0.5) is 11.4 Å². The third-order valence-electron chi connectivity index (χ3n) is 5.28. The number of fused-ring (bicyclic) bond motifs is 2. The van der Waals surface area contributed by atoms with Crippen molar-refractivity contribution in [3.8, 4) is 0 Å². The number of nitrogens with one attached hydrogen (secondary N) is 3. The van der Waals surface area contributed by atoms with Crippen LogP contribution in [0.15, 0.2) is 24.3 Å². The van der Waals surface area contributed by atoms with Crippen LogP contribution >= 0.6 is 24.8 Å². The minimum Gasteiger partial charge on any atom is -0.326 e. The van der Waals surface area contributed by atoms with Crippen molar-refractivity contribution in [2.75, 3.05) is 31.3 Å². The van der Waals surface area contributed by atoms with Crippen LogP contribution in [0.25, 0.3) is 0 Å². The Morgan fingerprint density at radius 2 is 1.46 bits per heavy atom. The second kappa shape index (κ2) is 11.6. The van der Waals surface area contributed by atoms with Gasteiger partial charge in [-0.2, -0.15) is 0 Å². The van der Waals surface area contributed by atoms with Gasteiger partial charge in [-0.1, -0.05) is 0 Å². The monoisotopic (exact) mass is 430 g/mol. The Kier molecular flexibility index (Phi) is 10.2. The van der Waals surface area contributed by atoms with Crippen molar-refractivity contribution in [1.29, 1.82) is 0 Å². The van der Waals surface area contributed by atoms with Gasteiger partial charge in [0.15, 0.2) is 0 Å². The van der Waals surface area contributed by atoms with E-state index in [2.05, 4.69) is 16.0 Å². The van der Waals surface area contributed by atoms with Crippen LogP contribution in [0.1, 0.15) is 38.5 Å². The largest absolute Gasteiger partial charge is 0.326 e. The van der Waals surface area contributed by atoms with Crippen LogP contribution in [0.5, 0.6) is 0 Å². The molecule has 158 valence electrons. The van der Waals surface area contributed by atoms with E-state index >= 15 is 0 Å². The Labute approximate surface area is 180 Å². The van der Waals surface area contributed by atoms with E-state index in [1.54, 1.807) is 0 Å². The number of benzene rings is 1. The molecule has 0 spiro atoms. The van der Waals surface area contributed by atoms with Crippen molar-refractivity contribution in [3.63, 3.8) is 0 Å². The maximum Gasteiger partial charge on any atom is 0.225 e. The van der Waals surface area contributed by atoms with Crippen LogP contribution in [0.3, 0.4) is 0 Å². The molecule has 6 nitrogen and oxygen atoms in total. The lowest BCUT2D eigenvalue weighted by atomic mass is 9.89. The van der Waals surface area contributed by atoms with Gasteiger partial charge in [-0.3, -0.25) is 9.59 Å². The van der Waals surface area contributed by atoms with Crippen LogP contribution in [-0.4, -0.2) is 49.4 Å². The van der Waals surface area contributed by atoms with Crippen LogP contribution in [-0.2, 0) is 9.59 Å². The molecule has 8 heteroatoms. The molecule has 0 saturated carbocycles. The molecule has 2 aliphatic rings. The Balaban J connectivity index is 0.00000196. The summed E-state index contributed by atoms with van der Waals surface area (Å²) in [6, 6.07) is 8.56. The van der Waals surface area contributed by atoms with Gasteiger partial charge in [0.05, 0.1) is 0 Å². The second-order valence-electron chi connectivity index (χ2n) is 7.91. The molecule has 2 heterocycles. The fourth-order valence-corrected chi connectivity index (χ4v) is 4.00. The molecule has 0 radical (unpaired) electrons. The van der Waals surface area contributed by atoms with Gasteiger partial charge in [0.2, 0.25) is 11.8 Å². The summed E-state index contributed by atoms with van der Waals surface area (Å²) in [7, 11) is 3.89. The zero-order valence-electron chi connectivity index (χ0n) is 16.6. The van der Waals surface area contributed by atoms with Crippen LogP contribution in [0, 0.1) is 5.92 Å². The summed E-state index contributed by atoms with van der Waals surface area (Å²) in [6.45, 7) is 0.721. The van der Waals surface area contributed by atoms with Crippen LogP contribution < -0.4 is 16.0 Å². The highest BCUT2D eigenvalue weighted by Crippen LogP contribution is 2.32. The summed E-state index contributed by atoms with van der Waals surface area (Å²) in [5.41, 5.74) is 1.53. The molecule has 2 bridgehead atoms. The molecular weight excluding hydrogens is 399 g/mol. The zero-order valence-corrected chi connectivity index (χ0v) is 18.2. The highest BCUT2D eigenvalue weighted by atomic mass is 35.5. The highest BCUT2D eigenvalue weighted by molar-refractivity contribution is 5.93. The molecule has 2 aliphatic heterocycles. The number of rotatable bonds is 7. The van der Waals surface area contributed by atoms with Gasteiger partial charge < -0.3 is 20.9 Å². The van der Waals surface area contributed by atoms with Crippen molar-refractivity contribution >= 4 is 48.0 Å². The van der Waals surface area contributed by atoms with E-state index in [-0.39, 0.29) is 36.6 Å². The van der Waals surface area contributed by atoms with Crippen LogP contribution in [0.2, 0.25) is 0 Å². The van der Waals surface area contributed by atoms with E-state index in [1.807, 2.05) is 43.3 Å². The van der Waals surface area contributed by atoms with Crippen molar-refractivity contribution < 1.29 is 9.59 Å². The molecule has 2 unspecified atom stereocenters. The standard InChI is InChI=1S/C20H30N4O2.2ClH/c1-24(2)10-9-19(25)22-15-3-5-16(6-4-15)23-20(26)13-14-11-17-7-8-18(12-14)21-17;;/h3-6,14,17-18,21H,7-13H2,1-2H3,(H,22,25)(H,23,26);2*1H. The number of hydrogen-bond donors (Lipinski definition) is 3. The van der Waals surface area contributed by atoms with Gasteiger partial charge in [-0.05, 0) is 70.0 Å². The first-order valence-electron chi connectivity index (χ1n) is 9.58. The first kappa shape index (κ1) is 24.7. The van der Waals surface area contributed by atoms with E-state index in [0.717, 1.165) is 30.8 Å². The lowest BCUT2D eigenvalue weighted by Crippen LogP contribution is -2.39. The third-order valence-corrected chi connectivity index (χ3v) is 5.28. The topological polar surface area (TPSA) is 73.5 Å². The molecule has 0 aromatic heterocycles. The summed E-state index contributed by atoms with van der Waals surface area (Å²) in [4.78, 5) is 26.1. The molecule has 2 amide bonds. The Hall–Kier alpha value is -1.34. The third kappa shape index (κ3) is 7.59. The number of piperidine rings is 1. The first-order chi connectivity index (χ1) is 12.5. The molecule has 2 fully saturated rings. The zero-order chi connectivity index (χ0) is 18.5. The number of amides is 2. The number of carbonyl (C=O) groups is 2. The molecule has 3 rings (SSSR count). The first-order valence-corrected chi connectivity index (χ1v) is 9.58. The molecule has 3 N–H and O–H groups in total. The van der Waals surface area contributed by atoms with Gasteiger partial charge in [0.25, 0.3) is 0 Å². The van der Waals surface area contributed by atoms with Crippen molar-refractivity contribution in [2.45, 2.75) is 50.6 Å².